The molecule has 7 nitrogen and oxygen atoms in total. The molecule has 2 amide bonds. The first kappa shape index (κ1) is 20.0. The summed E-state index contributed by atoms with van der Waals surface area (Å²) < 4.78 is 8.80. The standard InChI is InChI=1S/C22H22N4O3S/c1-29-19-14-17(24-30-20-6-2-4-16-5-3-9-23-21(16)20)7-8-18(19)22(28)26-12-10-25(15-27)11-13-26/h2-9,14-15,24H,10-13H2,1H3. The fourth-order valence-electron chi connectivity index (χ4n) is 3.40. The van der Waals surface area contributed by atoms with Gasteiger partial charge in [0.25, 0.3) is 5.91 Å². The Hall–Kier alpha value is -3.26. The van der Waals surface area contributed by atoms with E-state index in [1.54, 1.807) is 29.2 Å². The molecule has 3 aromatic rings. The van der Waals surface area contributed by atoms with Crippen molar-refractivity contribution >= 4 is 40.9 Å². The van der Waals surface area contributed by atoms with Gasteiger partial charge in [-0.15, -0.1) is 0 Å². The van der Waals surface area contributed by atoms with E-state index in [4.69, 9.17) is 4.74 Å². The van der Waals surface area contributed by atoms with Gasteiger partial charge in [0, 0.05) is 49.5 Å². The first-order valence-electron chi connectivity index (χ1n) is 9.63. The summed E-state index contributed by atoms with van der Waals surface area (Å²) in [6.45, 7) is 2.13. The van der Waals surface area contributed by atoms with E-state index in [-0.39, 0.29) is 5.91 Å². The summed E-state index contributed by atoms with van der Waals surface area (Å²) in [5.74, 6) is 0.425. The van der Waals surface area contributed by atoms with Crippen LogP contribution in [0.4, 0.5) is 5.69 Å². The van der Waals surface area contributed by atoms with Crippen LogP contribution in [-0.4, -0.2) is 60.4 Å². The van der Waals surface area contributed by atoms with Crippen LogP contribution >= 0.6 is 11.9 Å². The molecule has 1 aliphatic rings. The van der Waals surface area contributed by atoms with Gasteiger partial charge in [0.1, 0.15) is 5.75 Å². The number of carbonyl (C=O) groups excluding carboxylic acids is 2. The van der Waals surface area contributed by atoms with Crippen LogP contribution in [0.3, 0.4) is 0 Å². The van der Waals surface area contributed by atoms with Crippen molar-refractivity contribution in [1.29, 1.82) is 0 Å². The lowest BCUT2D eigenvalue weighted by molar-refractivity contribution is -0.119. The summed E-state index contributed by atoms with van der Waals surface area (Å²) in [6, 6.07) is 15.5. The highest BCUT2D eigenvalue weighted by molar-refractivity contribution is 8.00. The number of ether oxygens (including phenoxy) is 1. The van der Waals surface area contributed by atoms with Crippen molar-refractivity contribution in [2.45, 2.75) is 4.90 Å². The molecule has 1 aliphatic heterocycles. The summed E-state index contributed by atoms with van der Waals surface area (Å²) in [5, 5.41) is 1.08. The number of benzene rings is 2. The van der Waals surface area contributed by atoms with Gasteiger partial charge in [0.15, 0.2) is 0 Å². The third kappa shape index (κ3) is 4.18. The topological polar surface area (TPSA) is 74.8 Å². The van der Waals surface area contributed by atoms with Crippen molar-refractivity contribution in [3.8, 4) is 5.75 Å². The summed E-state index contributed by atoms with van der Waals surface area (Å²) in [7, 11) is 1.56. The van der Waals surface area contributed by atoms with E-state index >= 15 is 0 Å². The SMILES string of the molecule is COc1cc(NSc2cccc3cccnc23)ccc1C(=O)N1CCN(C=O)CC1. The zero-order valence-corrected chi connectivity index (χ0v) is 17.4. The number of rotatable bonds is 6. The molecular weight excluding hydrogens is 400 g/mol. The van der Waals surface area contributed by atoms with Crippen LogP contribution < -0.4 is 9.46 Å². The van der Waals surface area contributed by atoms with Gasteiger partial charge in [0.05, 0.1) is 23.1 Å². The Kier molecular flexibility index (Phi) is 6.04. The van der Waals surface area contributed by atoms with Gasteiger partial charge in [0.2, 0.25) is 6.41 Å². The number of fused-ring (bicyclic) bond motifs is 1. The Morgan fingerprint density at radius 1 is 1.13 bits per heavy atom. The maximum Gasteiger partial charge on any atom is 0.257 e. The molecule has 30 heavy (non-hydrogen) atoms. The first-order chi connectivity index (χ1) is 14.7. The first-order valence-corrected chi connectivity index (χ1v) is 10.4. The van der Waals surface area contributed by atoms with Crippen molar-refractivity contribution in [2.75, 3.05) is 38.0 Å². The quantitative estimate of drug-likeness (QED) is 0.485. The van der Waals surface area contributed by atoms with Crippen LogP contribution in [0.25, 0.3) is 10.9 Å². The van der Waals surface area contributed by atoms with E-state index in [9.17, 15) is 9.59 Å². The average molecular weight is 423 g/mol. The van der Waals surface area contributed by atoms with Crippen molar-refractivity contribution < 1.29 is 14.3 Å². The molecule has 0 saturated carbocycles. The predicted octanol–water partition coefficient (Wildman–Crippen LogP) is 3.28. The van der Waals surface area contributed by atoms with Crippen LogP contribution in [-0.2, 0) is 4.79 Å². The third-order valence-electron chi connectivity index (χ3n) is 5.06. The second-order valence-electron chi connectivity index (χ2n) is 6.88. The van der Waals surface area contributed by atoms with E-state index in [1.807, 2.05) is 42.5 Å². The second-order valence-corrected chi connectivity index (χ2v) is 7.73. The number of amides is 2. The summed E-state index contributed by atoms with van der Waals surface area (Å²) >= 11 is 1.47. The molecule has 0 radical (unpaired) electrons. The van der Waals surface area contributed by atoms with Crippen LogP contribution in [0.15, 0.2) is 59.6 Å². The van der Waals surface area contributed by atoms with E-state index in [0.29, 0.717) is 37.5 Å². The maximum absolute atomic E-state index is 12.9. The van der Waals surface area contributed by atoms with E-state index in [1.165, 1.54) is 11.9 Å². The monoisotopic (exact) mass is 422 g/mol. The molecule has 1 saturated heterocycles. The van der Waals surface area contributed by atoms with Crippen LogP contribution in [0, 0.1) is 0 Å². The highest BCUT2D eigenvalue weighted by Crippen LogP contribution is 2.30. The number of piperazine rings is 1. The Morgan fingerprint density at radius 2 is 1.93 bits per heavy atom. The van der Waals surface area contributed by atoms with E-state index in [0.717, 1.165) is 27.9 Å². The van der Waals surface area contributed by atoms with Gasteiger partial charge in [-0.2, -0.15) is 0 Å². The number of carbonyl (C=O) groups is 2. The molecule has 2 heterocycles. The molecule has 0 bridgehead atoms. The predicted molar refractivity (Wildman–Crippen MR) is 118 cm³/mol. The Balaban J connectivity index is 1.48. The van der Waals surface area contributed by atoms with Crippen molar-refractivity contribution in [3.05, 3.63) is 60.3 Å². The minimum atomic E-state index is -0.0881. The van der Waals surface area contributed by atoms with Gasteiger partial charge < -0.3 is 19.3 Å². The summed E-state index contributed by atoms with van der Waals surface area (Å²) in [4.78, 5) is 32.7. The van der Waals surface area contributed by atoms with E-state index in [2.05, 4.69) is 9.71 Å². The molecule has 1 N–H and O–H groups in total. The number of aromatic nitrogens is 1. The fourth-order valence-corrected chi connectivity index (χ4v) is 4.17. The number of pyridine rings is 1. The number of anilines is 1. The normalized spacial score (nSPS) is 13.9. The number of hydrogen-bond donors (Lipinski definition) is 1. The Morgan fingerprint density at radius 3 is 2.70 bits per heavy atom. The molecule has 2 aromatic carbocycles. The maximum atomic E-state index is 12.9. The number of nitrogens with zero attached hydrogens (tertiary/aromatic N) is 3. The minimum absolute atomic E-state index is 0.0881. The molecule has 0 unspecified atom stereocenters. The van der Waals surface area contributed by atoms with Gasteiger partial charge in [-0.3, -0.25) is 14.6 Å². The molecule has 1 fully saturated rings. The van der Waals surface area contributed by atoms with Crippen LogP contribution in [0.5, 0.6) is 5.75 Å². The molecule has 4 rings (SSSR count). The summed E-state index contributed by atoms with van der Waals surface area (Å²) in [6.07, 6.45) is 2.61. The molecule has 154 valence electrons. The van der Waals surface area contributed by atoms with Gasteiger partial charge in [-0.1, -0.05) is 18.2 Å². The zero-order chi connectivity index (χ0) is 20.9. The lowest BCUT2D eigenvalue weighted by atomic mass is 10.1. The number of para-hydroxylation sites is 1. The lowest BCUT2D eigenvalue weighted by Gasteiger charge is -2.32. The van der Waals surface area contributed by atoms with E-state index < -0.39 is 0 Å². The van der Waals surface area contributed by atoms with Crippen LogP contribution in [0.2, 0.25) is 0 Å². The molecular formula is C22H22N4O3S. The molecule has 0 aliphatic carbocycles. The average Bonchev–Trinajstić information content (AvgIpc) is 2.82. The van der Waals surface area contributed by atoms with Crippen molar-refractivity contribution in [1.82, 2.24) is 14.8 Å². The lowest BCUT2D eigenvalue weighted by Crippen LogP contribution is -2.48. The number of hydrogen-bond acceptors (Lipinski definition) is 6. The largest absolute Gasteiger partial charge is 0.496 e. The van der Waals surface area contributed by atoms with Gasteiger partial charge >= 0.3 is 0 Å². The highest BCUT2D eigenvalue weighted by atomic mass is 32.2. The number of methoxy groups -OCH3 is 1. The minimum Gasteiger partial charge on any atom is -0.496 e. The van der Waals surface area contributed by atoms with Gasteiger partial charge in [-0.05, 0) is 36.2 Å². The smallest absolute Gasteiger partial charge is 0.257 e. The molecule has 0 spiro atoms. The highest BCUT2D eigenvalue weighted by Gasteiger charge is 2.24. The Labute approximate surface area is 179 Å². The number of nitrogens with one attached hydrogen (secondary N) is 1. The van der Waals surface area contributed by atoms with Crippen molar-refractivity contribution in [3.63, 3.8) is 0 Å². The Bertz CT molecular complexity index is 1060. The third-order valence-corrected chi connectivity index (χ3v) is 5.94. The second kappa shape index (κ2) is 9.04. The summed E-state index contributed by atoms with van der Waals surface area (Å²) in [5.41, 5.74) is 2.28. The van der Waals surface area contributed by atoms with Gasteiger partial charge in [-0.25, -0.2) is 0 Å². The zero-order valence-electron chi connectivity index (χ0n) is 16.6. The molecule has 0 atom stereocenters. The fraction of sp³-hybridized carbons (Fsp3) is 0.227. The van der Waals surface area contributed by atoms with Crippen LogP contribution in [0.1, 0.15) is 10.4 Å². The molecule has 8 heteroatoms. The molecule has 1 aromatic heterocycles. The van der Waals surface area contributed by atoms with Crippen molar-refractivity contribution in [2.24, 2.45) is 0 Å².